The smallest absolute Gasteiger partial charge is 0.238 e. The molecule has 0 atom stereocenters. The van der Waals surface area contributed by atoms with Gasteiger partial charge in [0.15, 0.2) is 0 Å². The Labute approximate surface area is 119 Å². The summed E-state index contributed by atoms with van der Waals surface area (Å²) < 4.78 is 22.6. The molecule has 1 saturated carbocycles. The molecular weight excluding hydrogens is 274 g/mol. The first-order valence-electron chi connectivity index (χ1n) is 6.73. The van der Waals surface area contributed by atoms with E-state index in [2.05, 4.69) is 12.2 Å². The van der Waals surface area contributed by atoms with Crippen molar-refractivity contribution in [1.29, 1.82) is 5.26 Å². The third-order valence-corrected chi connectivity index (χ3v) is 4.73. The van der Waals surface area contributed by atoms with Gasteiger partial charge in [-0.1, -0.05) is 6.92 Å². The minimum Gasteiger partial charge on any atom is -0.381 e. The fourth-order valence-corrected chi connectivity index (χ4v) is 3.08. The highest BCUT2D eigenvalue weighted by atomic mass is 32.2. The van der Waals surface area contributed by atoms with Crippen LogP contribution in [-0.2, 0) is 10.0 Å². The van der Waals surface area contributed by atoms with Crippen molar-refractivity contribution in [3.8, 4) is 6.07 Å². The van der Waals surface area contributed by atoms with E-state index >= 15 is 0 Å². The fourth-order valence-electron chi connectivity index (χ4n) is 2.54. The van der Waals surface area contributed by atoms with Gasteiger partial charge in [0, 0.05) is 6.04 Å². The molecule has 108 valence electrons. The summed E-state index contributed by atoms with van der Waals surface area (Å²) in [5.41, 5.74) is 0.995. The maximum absolute atomic E-state index is 11.3. The maximum atomic E-state index is 11.3. The standard InChI is InChI=1S/C14H19N3O2S/c1-10-2-4-12(5-3-10)17-14-7-6-13(20(16,18)19)8-11(14)9-15/h6-8,10,12,17H,2-5H2,1H3,(H2,16,18,19). The highest BCUT2D eigenvalue weighted by molar-refractivity contribution is 7.89. The summed E-state index contributed by atoms with van der Waals surface area (Å²) in [6.45, 7) is 2.25. The van der Waals surface area contributed by atoms with Gasteiger partial charge in [0.25, 0.3) is 0 Å². The Hall–Kier alpha value is -1.58. The van der Waals surface area contributed by atoms with Crippen molar-refractivity contribution in [3.05, 3.63) is 23.8 Å². The second-order valence-electron chi connectivity index (χ2n) is 5.47. The van der Waals surface area contributed by atoms with Gasteiger partial charge in [0.1, 0.15) is 6.07 Å². The number of sulfonamides is 1. The SMILES string of the molecule is CC1CCC(Nc2ccc(S(N)(=O)=O)cc2C#N)CC1. The lowest BCUT2D eigenvalue weighted by Gasteiger charge is -2.28. The molecule has 1 fully saturated rings. The van der Waals surface area contributed by atoms with Crippen molar-refractivity contribution in [2.75, 3.05) is 5.32 Å². The van der Waals surface area contributed by atoms with E-state index < -0.39 is 10.0 Å². The number of rotatable bonds is 3. The number of hydrogen-bond donors (Lipinski definition) is 2. The van der Waals surface area contributed by atoms with Gasteiger partial charge in [0.05, 0.1) is 16.1 Å². The van der Waals surface area contributed by atoms with E-state index in [-0.39, 0.29) is 4.90 Å². The van der Waals surface area contributed by atoms with Crippen LogP contribution in [0.4, 0.5) is 5.69 Å². The number of primary sulfonamides is 1. The molecule has 0 amide bonds. The fraction of sp³-hybridized carbons (Fsp3) is 0.500. The number of nitriles is 1. The number of nitrogens with zero attached hydrogens (tertiary/aromatic N) is 1. The minimum absolute atomic E-state index is 0.0307. The van der Waals surface area contributed by atoms with E-state index in [1.165, 1.54) is 25.0 Å². The van der Waals surface area contributed by atoms with Gasteiger partial charge in [-0.3, -0.25) is 0 Å². The van der Waals surface area contributed by atoms with Gasteiger partial charge >= 0.3 is 0 Å². The van der Waals surface area contributed by atoms with Crippen LogP contribution in [0.5, 0.6) is 0 Å². The number of hydrogen-bond acceptors (Lipinski definition) is 4. The molecule has 6 heteroatoms. The molecule has 1 aromatic rings. The van der Waals surface area contributed by atoms with Crippen LogP contribution in [0.15, 0.2) is 23.1 Å². The first kappa shape index (κ1) is 14.8. The first-order valence-corrected chi connectivity index (χ1v) is 8.28. The zero-order valence-corrected chi connectivity index (χ0v) is 12.3. The van der Waals surface area contributed by atoms with Crippen LogP contribution in [0.2, 0.25) is 0 Å². The molecule has 0 unspecified atom stereocenters. The van der Waals surface area contributed by atoms with E-state index in [1.807, 2.05) is 6.07 Å². The van der Waals surface area contributed by atoms with Crippen molar-refractivity contribution < 1.29 is 8.42 Å². The predicted molar refractivity (Wildman–Crippen MR) is 77.6 cm³/mol. The van der Waals surface area contributed by atoms with Crippen LogP contribution in [0.1, 0.15) is 38.2 Å². The lowest BCUT2D eigenvalue weighted by molar-refractivity contribution is 0.361. The lowest BCUT2D eigenvalue weighted by Crippen LogP contribution is -2.25. The zero-order chi connectivity index (χ0) is 14.8. The summed E-state index contributed by atoms with van der Waals surface area (Å²) in [5.74, 6) is 0.758. The average molecular weight is 293 g/mol. The number of nitrogens with two attached hydrogens (primary N) is 1. The molecule has 0 saturated heterocycles. The molecule has 1 aliphatic rings. The molecule has 0 aliphatic heterocycles. The molecule has 0 aromatic heterocycles. The van der Waals surface area contributed by atoms with Crippen molar-refractivity contribution in [3.63, 3.8) is 0 Å². The number of benzene rings is 1. The van der Waals surface area contributed by atoms with Crippen molar-refractivity contribution in [2.45, 2.75) is 43.5 Å². The van der Waals surface area contributed by atoms with Gasteiger partial charge in [-0.25, -0.2) is 13.6 Å². The molecule has 1 aromatic carbocycles. The van der Waals surface area contributed by atoms with Crippen LogP contribution in [0.3, 0.4) is 0 Å². The quantitative estimate of drug-likeness (QED) is 0.893. The topological polar surface area (TPSA) is 96.0 Å². The molecule has 0 heterocycles. The summed E-state index contributed by atoms with van der Waals surface area (Å²) in [7, 11) is -3.77. The monoisotopic (exact) mass is 293 g/mol. The third kappa shape index (κ3) is 3.50. The van der Waals surface area contributed by atoms with Crippen LogP contribution in [0, 0.1) is 17.2 Å². The molecule has 1 aliphatic carbocycles. The zero-order valence-electron chi connectivity index (χ0n) is 11.5. The number of nitrogens with one attached hydrogen (secondary N) is 1. The largest absolute Gasteiger partial charge is 0.381 e. The van der Waals surface area contributed by atoms with Gasteiger partial charge in [-0.05, 0) is 49.8 Å². The average Bonchev–Trinajstić information content (AvgIpc) is 2.40. The van der Waals surface area contributed by atoms with Crippen LogP contribution in [-0.4, -0.2) is 14.5 Å². The Morgan fingerprint density at radius 2 is 1.95 bits per heavy atom. The first-order chi connectivity index (χ1) is 9.40. The molecule has 5 nitrogen and oxygen atoms in total. The van der Waals surface area contributed by atoms with Crippen LogP contribution < -0.4 is 10.5 Å². The molecule has 3 N–H and O–H groups in total. The predicted octanol–water partition coefficient (Wildman–Crippen LogP) is 2.20. The molecule has 20 heavy (non-hydrogen) atoms. The summed E-state index contributed by atoms with van der Waals surface area (Å²) in [6.07, 6.45) is 4.50. The Morgan fingerprint density at radius 3 is 2.50 bits per heavy atom. The van der Waals surface area contributed by atoms with Crippen LogP contribution in [0.25, 0.3) is 0 Å². The Balaban J connectivity index is 2.19. The minimum atomic E-state index is -3.77. The summed E-state index contributed by atoms with van der Waals surface area (Å²) in [4.78, 5) is -0.0307. The summed E-state index contributed by atoms with van der Waals surface area (Å²) in [6, 6.07) is 6.75. The van der Waals surface area contributed by atoms with Gasteiger partial charge in [-0.15, -0.1) is 0 Å². The van der Waals surface area contributed by atoms with E-state index in [9.17, 15) is 8.42 Å². The third-order valence-electron chi connectivity index (χ3n) is 3.82. The van der Waals surface area contributed by atoms with Gasteiger partial charge in [-0.2, -0.15) is 5.26 Å². The Kier molecular flexibility index (Phi) is 4.31. The van der Waals surface area contributed by atoms with E-state index in [0.717, 1.165) is 18.8 Å². The normalized spacial score (nSPS) is 23.1. The van der Waals surface area contributed by atoms with E-state index in [1.54, 1.807) is 6.07 Å². The highest BCUT2D eigenvalue weighted by Crippen LogP contribution is 2.27. The maximum Gasteiger partial charge on any atom is 0.238 e. The second kappa shape index (κ2) is 5.81. The van der Waals surface area contributed by atoms with Crippen molar-refractivity contribution in [1.82, 2.24) is 0 Å². The van der Waals surface area contributed by atoms with Crippen molar-refractivity contribution in [2.24, 2.45) is 11.1 Å². The highest BCUT2D eigenvalue weighted by Gasteiger charge is 2.19. The molecular formula is C14H19N3O2S. The molecule has 0 radical (unpaired) electrons. The van der Waals surface area contributed by atoms with Gasteiger partial charge in [0.2, 0.25) is 10.0 Å². The lowest BCUT2D eigenvalue weighted by atomic mass is 9.87. The molecule has 0 bridgehead atoms. The second-order valence-corrected chi connectivity index (χ2v) is 7.03. The van der Waals surface area contributed by atoms with E-state index in [4.69, 9.17) is 10.4 Å². The summed E-state index contributed by atoms with van der Waals surface area (Å²) in [5, 5.41) is 17.6. The Morgan fingerprint density at radius 1 is 1.30 bits per heavy atom. The molecule has 2 rings (SSSR count). The van der Waals surface area contributed by atoms with Crippen molar-refractivity contribution >= 4 is 15.7 Å². The van der Waals surface area contributed by atoms with Gasteiger partial charge < -0.3 is 5.32 Å². The number of anilines is 1. The Bertz CT molecular complexity index is 626. The molecule has 0 spiro atoms. The summed E-state index contributed by atoms with van der Waals surface area (Å²) >= 11 is 0. The van der Waals surface area contributed by atoms with Crippen LogP contribution >= 0.6 is 0 Å². The van der Waals surface area contributed by atoms with E-state index in [0.29, 0.717) is 17.3 Å².